The fourth-order valence-corrected chi connectivity index (χ4v) is 2.62. The zero-order chi connectivity index (χ0) is 10.1. The monoisotopic (exact) mass is 226 g/mol. The molecule has 1 rings (SSSR count). The van der Waals surface area contributed by atoms with Crippen LogP contribution in [0.5, 0.6) is 0 Å². The Kier molecular flexibility index (Phi) is 3.57. The minimum atomic E-state index is -3.22. The normalized spacial score (nSPS) is 22.5. The van der Waals surface area contributed by atoms with Crippen molar-refractivity contribution in [2.24, 2.45) is 0 Å². The van der Waals surface area contributed by atoms with E-state index in [9.17, 15) is 8.42 Å². The third-order valence-electron chi connectivity index (χ3n) is 2.17. The molecule has 0 amide bonds. The summed E-state index contributed by atoms with van der Waals surface area (Å²) < 4.78 is 25.9. The molecule has 1 heterocycles. The van der Waals surface area contributed by atoms with Gasteiger partial charge in [-0.15, -0.1) is 11.6 Å². The molecular formula is C7H15ClN2O2S. The Labute approximate surface area is 84.6 Å². The SMILES string of the molecule is CN(C)S(=O)(=O)N1CCC(Cl)CC1. The van der Waals surface area contributed by atoms with Crippen molar-refractivity contribution in [3.05, 3.63) is 0 Å². The van der Waals surface area contributed by atoms with Gasteiger partial charge in [-0.1, -0.05) is 0 Å². The highest BCUT2D eigenvalue weighted by Gasteiger charge is 2.28. The van der Waals surface area contributed by atoms with Gasteiger partial charge in [-0.25, -0.2) is 0 Å². The highest BCUT2D eigenvalue weighted by molar-refractivity contribution is 7.86. The molecule has 1 aliphatic rings. The van der Waals surface area contributed by atoms with Gasteiger partial charge in [0.1, 0.15) is 0 Å². The molecule has 0 spiro atoms. The maximum absolute atomic E-state index is 11.6. The maximum atomic E-state index is 11.6. The van der Waals surface area contributed by atoms with E-state index in [0.29, 0.717) is 13.1 Å². The number of hydrogen-bond acceptors (Lipinski definition) is 2. The Hall–Kier alpha value is 0.160. The molecular weight excluding hydrogens is 212 g/mol. The molecule has 0 aromatic heterocycles. The molecule has 0 atom stereocenters. The lowest BCUT2D eigenvalue weighted by atomic mass is 10.2. The van der Waals surface area contributed by atoms with Crippen LogP contribution in [0.4, 0.5) is 0 Å². The zero-order valence-corrected chi connectivity index (χ0v) is 9.48. The molecule has 0 aromatic rings. The molecule has 6 heteroatoms. The average Bonchev–Trinajstić information content (AvgIpc) is 2.04. The number of nitrogens with zero attached hydrogens (tertiary/aromatic N) is 2. The minimum absolute atomic E-state index is 0.133. The van der Waals surface area contributed by atoms with Gasteiger partial charge in [0.25, 0.3) is 10.2 Å². The third-order valence-corrected chi connectivity index (χ3v) is 4.55. The number of halogens is 1. The third kappa shape index (κ3) is 2.56. The Bertz CT molecular complexity index is 258. The predicted octanol–water partition coefficient (Wildman–Crippen LogP) is 0.496. The Balaban J connectivity index is 2.64. The van der Waals surface area contributed by atoms with E-state index in [2.05, 4.69) is 0 Å². The smallest absolute Gasteiger partial charge is 0.195 e. The van der Waals surface area contributed by atoms with E-state index in [4.69, 9.17) is 11.6 Å². The van der Waals surface area contributed by atoms with Gasteiger partial charge in [-0.3, -0.25) is 0 Å². The second-order valence-electron chi connectivity index (χ2n) is 3.36. The van der Waals surface area contributed by atoms with E-state index >= 15 is 0 Å². The summed E-state index contributed by atoms with van der Waals surface area (Å²) >= 11 is 5.88. The average molecular weight is 227 g/mol. The van der Waals surface area contributed by atoms with Gasteiger partial charge in [0.2, 0.25) is 0 Å². The van der Waals surface area contributed by atoms with Crippen molar-refractivity contribution < 1.29 is 8.42 Å². The lowest BCUT2D eigenvalue weighted by Crippen LogP contribution is -2.44. The van der Waals surface area contributed by atoms with Crippen LogP contribution < -0.4 is 0 Å². The van der Waals surface area contributed by atoms with Gasteiger partial charge in [0, 0.05) is 32.6 Å². The number of hydrogen-bond donors (Lipinski definition) is 0. The molecule has 1 aliphatic heterocycles. The second-order valence-corrected chi connectivity index (χ2v) is 6.12. The quantitative estimate of drug-likeness (QED) is 0.644. The van der Waals surface area contributed by atoms with Crippen LogP contribution in [0, 0.1) is 0 Å². The van der Waals surface area contributed by atoms with Gasteiger partial charge < -0.3 is 0 Å². The first-order chi connectivity index (χ1) is 5.94. The van der Waals surface area contributed by atoms with Gasteiger partial charge >= 0.3 is 0 Å². The number of alkyl halides is 1. The molecule has 0 aliphatic carbocycles. The van der Waals surface area contributed by atoms with Crippen LogP contribution in [0.2, 0.25) is 0 Å². The molecule has 0 bridgehead atoms. The van der Waals surface area contributed by atoms with Crippen LogP contribution >= 0.6 is 11.6 Å². The van der Waals surface area contributed by atoms with E-state index in [1.807, 2.05) is 0 Å². The van der Waals surface area contributed by atoms with Crippen LogP contribution in [0.1, 0.15) is 12.8 Å². The zero-order valence-electron chi connectivity index (χ0n) is 7.90. The summed E-state index contributed by atoms with van der Waals surface area (Å²) in [5, 5.41) is 0.133. The number of rotatable bonds is 2. The highest BCUT2D eigenvalue weighted by atomic mass is 35.5. The fourth-order valence-electron chi connectivity index (χ4n) is 1.29. The van der Waals surface area contributed by atoms with Gasteiger partial charge in [0.15, 0.2) is 0 Å². The first kappa shape index (κ1) is 11.2. The second kappa shape index (κ2) is 4.13. The summed E-state index contributed by atoms with van der Waals surface area (Å²) in [7, 11) is -0.128. The summed E-state index contributed by atoms with van der Waals surface area (Å²) in [6.45, 7) is 1.07. The number of piperidine rings is 1. The molecule has 4 nitrogen and oxygen atoms in total. The summed E-state index contributed by atoms with van der Waals surface area (Å²) in [4.78, 5) is 0. The topological polar surface area (TPSA) is 40.6 Å². The van der Waals surface area contributed by atoms with Gasteiger partial charge in [-0.2, -0.15) is 17.0 Å². The van der Waals surface area contributed by atoms with Gasteiger partial charge in [0.05, 0.1) is 0 Å². The highest BCUT2D eigenvalue weighted by Crippen LogP contribution is 2.18. The van der Waals surface area contributed by atoms with E-state index in [-0.39, 0.29) is 5.38 Å². The summed E-state index contributed by atoms with van der Waals surface area (Å²) in [6, 6.07) is 0. The molecule has 0 saturated carbocycles. The van der Waals surface area contributed by atoms with Crippen LogP contribution in [-0.2, 0) is 10.2 Å². The largest absolute Gasteiger partial charge is 0.281 e. The van der Waals surface area contributed by atoms with E-state index in [0.717, 1.165) is 12.8 Å². The standard InChI is InChI=1S/C7H15ClN2O2S/c1-9(2)13(11,12)10-5-3-7(8)4-6-10/h7H,3-6H2,1-2H3. The molecule has 0 radical (unpaired) electrons. The lowest BCUT2D eigenvalue weighted by Gasteiger charge is -2.30. The fraction of sp³-hybridized carbons (Fsp3) is 1.00. The van der Waals surface area contributed by atoms with Gasteiger partial charge in [-0.05, 0) is 12.8 Å². The lowest BCUT2D eigenvalue weighted by molar-refractivity contribution is 0.327. The van der Waals surface area contributed by atoms with Crippen LogP contribution in [0.15, 0.2) is 0 Å². The first-order valence-corrected chi connectivity index (χ1v) is 6.09. The molecule has 1 fully saturated rings. The van der Waals surface area contributed by atoms with Crippen molar-refractivity contribution in [1.29, 1.82) is 0 Å². The Morgan fingerprint density at radius 1 is 1.31 bits per heavy atom. The molecule has 78 valence electrons. The Morgan fingerprint density at radius 2 is 1.77 bits per heavy atom. The van der Waals surface area contributed by atoms with Crippen LogP contribution in [0.3, 0.4) is 0 Å². The van der Waals surface area contributed by atoms with Crippen molar-refractivity contribution in [1.82, 2.24) is 8.61 Å². The molecule has 0 N–H and O–H groups in total. The molecule has 0 unspecified atom stereocenters. The Morgan fingerprint density at radius 3 is 2.15 bits per heavy atom. The summed E-state index contributed by atoms with van der Waals surface area (Å²) in [6.07, 6.45) is 1.49. The van der Waals surface area contributed by atoms with E-state index in [1.54, 1.807) is 14.1 Å². The minimum Gasteiger partial charge on any atom is -0.195 e. The van der Waals surface area contributed by atoms with Crippen LogP contribution in [-0.4, -0.2) is 49.6 Å². The maximum Gasteiger partial charge on any atom is 0.281 e. The van der Waals surface area contributed by atoms with Crippen molar-refractivity contribution in [2.75, 3.05) is 27.2 Å². The van der Waals surface area contributed by atoms with E-state index in [1.165, 1.54) is 8.61 Å². The van der Waals surface area contributed by atoms with Crippen LogP contribution in [0.25, 0.3) is 0 Å². The summed E-state index contributed by atoms with van der Waals surface area (Å²) in [5.41, 5.74) is 0. The van der Waals surface area contributed by atoms with Crippen molar-refractivity contribution >= 4 is 21.8 Å². The van der Waals surface area contributed by atoms with Crippen molar-refractivity contribution in [3.8, 4) is 0 Å². The first-order valence-electron chi connectivity index (χ1n) is 4.26. The molecule has 0 aromatic carbocycles. The van der Waals surface area contributed by atoms with Crippen molar-refractivity contribution in [2.45, 2.75) is 18.2 Å². The van der Waals surface area contributed by atoms with E-state index < -0.39 is 10.2 Å². The predicted molar refractivity (Wildman–Crippen MR) is 53.1 cm³/mol. The summed E-state index contributed by atoms with van der Waals surface area (Å²) in [5.74, 6) is 0. The molecule has 1 saturated heterocycles. The molecule has 13 heavy (non-hydrogen) atoms. The van der Waals surface area contributed by atoms with Crippen molar-refractivity contribution in [3.63, 3.8) is 0 Å².